The van der Waals surface area contributed by atoms with Gasteiger partial charge in [-0.15, -0.1) is 59.3 Å². The molecular weight excluding hydrogens is 438 g/mol. The van der Waals surface area contributed by atoms with Gasteiger partial charge >= 0.3 is 47.7 Å². The molecule has 0 atom stereocenters. The average Bonchev–Trinajstić information content (AvgIpc) is 3.24. The molecule has 0 aliphatic heterocycles. The van der Waals surface area contributed by atoms with Crippen LogP contribution >= 0.6 is 0 Å². The Hall–Kier alpha value is -1.01. The van der Waals surface area contributed by atoms with Crippen molar-refractivity contribution < 1.29 is 49.0 Å². The van der Waals surface area contributed by atoms with E-state index in [1.165, 1.54) is 45.8 Å². The summed E-state index contributed by atoms with van der Waals surface area (Å²) in [6.45, 7) is 4.38. The smallest absolute Gasteiger partial charge is 0.0809 e. The minimum absolute atomic E-state index is 0. The van der Waals surface area contributed by atoms with Crippen LogP contribution in [0.1, 0.15) is 13.8 Å². The van der Waals surface area contributed by atoms with Gasteiger partial charge in [-0.25, -0.2) is 0 Å². The van der Waals surface area contributed by atoms with Gasteiger partial charge in [-0.2, -0.15) is 35.0 Å². The average molecular weight is 464 g/mol. The van der Waals surface area contributed by atoms with E-state index in [9.17, 15) is 0 Å². The molecule has 0 aliphatic carbocycles. The van der Waals surface area contributed by atoms with Crippen LogP contribution in [0.15, 0.2) is 84.9 Å². The predicted molar refractivity (Wildman–Crippen MR) is 106 cm³/mol. The Morgan fingerprint density at radius 1 is 0.731 bits per heavy atom. The van der Waals surface area contributed by atoms with Crippen molar-refractivity contribution in [2.24, 2.45) is 5.92 Å². The maximum Gasteiger partial charge on any atom is -0.0809 e. The molecule has 4 aromatic rings. The molecule has 26 heavy (non-hydrogen) atoms. The molecule has 0 aromatic heterocycles. The van der Waals surface area contributed by atoms with Crippen LogP contribution < -0.4 is 24.8 Å². The summed E-state index contributed by atoms with van der Waals surface area (Å²) in [6, 6.07) is 29.3. The molecule has 3 heteroatoms. The van der Waals surface area contributed by atoms with Crippen LogP contribution in [-0.2, 0) is 24.2 Å². The van der Waals surface area contributed by atoms with Crippen LogP contribution in [0.2, 0.25) is 0 Å². The molecule has 0 amide bonds. The van der Waals surface area contributed by atoms with Crippen molar-refractivity contribution in [1.82, 2.24) is 0 Å². The van der Waals surface area contributed by atoms with Gasteiger partial charge in [0.1, 0.15) is 0 Å². The molecule has 0 heterocycles. The molecule has 0 fully saturated rings. The predicted octanol–water partition coefficient (Wildman–Crippen LogP) is 0.567. The summed E-state index contributed by atoms with van der Waals surface area (Å²) >= 11 is 1.54. The Morgan fingerprint density at radius 2 is 1.08 bits per heavy atom. The molecule has 0 saturated heterocycles. The zero-order valence-electron chi connectivity index (χ0n) is 15.5. The summed E-state index contributed by atoms with van der Waals surface area (Å²) in [6.07, 6.45) is 0. The fraction of sp³-hybridized carbons (Fsp3) is 0.130. The minimum atomic E-state index is 0. The Kier molecular flexibility index (Phi) is 15.8. The van der Waals surface area contributed by atoms with Crippen LogP contribution in [0.4, 0.5) is 0 Å². The minimum Gasteiger partial charge on any atom is -1.00 e. The van der Waals surface area contributed by atoms with Gasteiger partial charge in [0.25, 0.3) is 0 Å². The summed E-state index contributed by atoms with van der Waals surface area (Å²) in [5.74, 6) is 0.799. The van der Waals surface area contributed by atoms with Crippen LogP contribution in [-0.4, -0.2) is 3.71 Å². The van der Waals surface area contributed by atoms with Crippen molar-refractivity contribution in [3.05, 3.63) is 92.4 Å². The molecule has 4 aromatic carbocycles. The molecule has 0 bridgehead atoms. The number of halogens is 2. The SMILES string of the molecule is CC(C)[CH]=[Zr+2].[CH3-].[Cl-].[Cl-].c1ccc2[cH-]ccc2c1.c1ccc2[cH-]ccc2c1. The molecule has 138 valence electrons. The van der Waals surface area contributed by atoms with Gasteiger partial charge in [-0.05, 0) is 0 Å². The number of rotatable bonds is 1. The van der Waals surface area contributed by atoms with Gasteiger partial charge in [0.05, 0.1) is 0 Å². The van der Waals surface area contributed by atoms with E-state index in [4.69, 9.17) is 0 Å². The third-order valence-corrected chi connectivity index (χ3v) is 5.07. The molecular formula is C23H25Cl2Zr-3. The van der Waals surface area contributed by atoms with Crippen molar-refractivity contribution in [3.8, 4) is 0 Å². The van der Waals surface area contributed by atoms with Crippen LogP contribution in [0.5, 0.6) is 0 Å². The summed E-state index contributed by atoms with van der Waals surface area (Å²) < 4.78 is 2.26. The summed E-state index contributed by atoms with van der Waals surface area (Å²) in [4.78, 5) is 0. The Bertz CT molecular complexity index is 717. The Balaban J connectivity index is 0. The first-order valence-corrected chi connectivity index (χ1v) is 9.34. The van der Waals surface area contributed by atoms with Crippen LogP contribution in [0.3, 0.4) is 0 Å². The molecule has 4 rings (SSSR count). The Labute approximate surface area is 185 Å². The van der Waals surface area contributed by atoms with E-state index in [-0.39, 0.29) is 32.2 Å². The number of hydrogen-bond donors (Lipinski definition) is 0. The number of fused-ring (bicyclic) bond motifs is 2. The fourth-order valence-corrected chi connectivity index (χ4v) is 2.14. The summed E-state index contributed by atoms with van der Waals surface area (Å²) in [7, 11) is 0. The van der Waals surface area contributed by atoms with Crippen molar-refractivity contribution >= 4 is 25.3 Å². The maximum atomic E-state index is 2.26. The standard InChI is InChI=1S/2C9H7.C4H8.CH3.2ClH.Zr/c2*1-2-5-9-7-3-6-8(9)4-1;1-4(2)3;;;;/h2*1-7H;1,4H,2-3H3;1H3;2*1H;/q2*-1;;-1;;;+2/p-2. The first-order valence-electron chi connectivity index (χ1n) is 7.92. The molecule has 0 radical (unpaired) electrons. The molecule has 0 N–H and O–H groups in total. The van der Waals surface area contributed by atoms with Gasteiger partial charge in [0.2, 0.25) is 0 Å². The zero-order valence-corrected chi connectivity index (χ0v) is 19.5. The first kappa shape index (κ1) is 27.2. The topological polar surface area (TPSA) is 0 Å². The van der Waals surface area contributed by atoms with E-state index in [0.29, 0.717) is 0 Å². The molecule has 0 saturated carbocycles. The Morgan fingerprint density at radius 3 is 1.38 bits per heavy atom. The maximum absolute atomic E-state index is 2.26. The first-order chi connectivity index (χ1) is 11.2. The van der Waals surface area contributed by atoms with Crippen molar-refractivity contribution in [3.63, 3.8) is 0 Å². The van der Waals surface area contributed by atoms with Gasteiger partial charge in [-0.1, -0.05) is 12.1 Å². The zero-order chi connectivity index (χ0) is 16.5. The van der Waals surface area contributed by atoms with E-state index in [0.717, 1.165) is 5.92 Å². The largest absolute Gasteiger partial charge is 1.00 e. The molecule has 0 aliphatic rings. The van der Waals surface area contributed by atoms with Crippen molar-refractivity contribution in [2.45, 2.75) is 13.8 Å². The van der Waals surface area contributed by atoms with E-state index in [1.54, 1.807) is 0 Å². The van der Waals surface area contributed by atoms with Gasteiger partial charge in [0, 0.05) is 0 Å². The van der Waals surface area contributed by atoms with Crippen LogP contribution in [0, 0.1) is 13.3 Å². The van der Waals surface area contributed by atoms with E-state index >= 15 is 0 Å². The number of hydrogen-bond acceptors (Lipinski definition) is 0. The molecule has 0 spiro atoms. The molecule has 0 unspecified atom stereocenters. The van der Waals surface area contributed by atoms with Gasteiger partial charge < -0.3 is 32.2 Å². The normalized spacial score (nSPS) is 8.81. The summed E-state index contributed by atoms with van der Waals surface area (Å²) in [5, 5.41) is 5.32. The quantitative estimate of drug-likeness (QED) is 0.362. The van der Waals surface area contributed by atoms with Gasteiger partial charge in [0.15, 0.2) is 0 Å². The van der Waals surface area contributed by atoms with E-state index in [1.807, 2.05) is 0 Å². The van der Waals surface area contributed by atoms with Gasteiger partial charge in [-0.3, -0.25) is 0 Å². The number of benzene rings is 2. The second kappa shape index (κ2) is 15.1. The second-order valence-electron chi connectivity index (χ2n) is 5.72. The third-order valence-electron chi connectivity index (χ3n) is 3.43. The van der Waals surface area contributed by atoms with Crippen molar-refractivity contribution in [2.75, 3.05) is 0 Å². The fourth-order valence-electron chi connectivity index (χ4n) is 2.14. The van der Waals surface area contributed by atoms with E-state index < -0.39 is 0 Å². The summed E-state index contributed by atoms with van der Waals surface area (Å²) in [5.41, 5.74) is 0. The van der Waals surface area contributed by atoms with Crippen LogP contribution in [0.25, 0.3) is 21.5 Å². The van der Waals surface area contributed by atoms with E-state index in [2.05, 4.69) is 102 Å². The second-order valence-corrected chi connectivity index (χ2v) is 6.54. The third kappa shape index (κ3) is 9.08. The monoisotopic (exact) mass is 461 g/mol. The molecule has 0 nitrogen and oxygen atoms in total. The van der Waals surface area contributed by atoms with Crippen molar-refractivity contribution in [1.29, 1.82) is 0 Å².